The summed E-state index contributed by atoms with van der Waals surface area (Å²) in [6.45, 7) is 0. The second kappa shape index (κ2) is 2.70. The van der Waals surface area contributed by atoms with Gasteiger partial charge in [0.15, 0.2) is 4.54 Å². The average Bonchev–Trinajstić information content (AvgIpc) is 2.25. The van der Waals surface area contributed by atoms with Gasteiger partial charge in [0.05, 0.1) is 10.3 Å². The summed E-state index contributed by atoms with van der Waals surface area (Å²) >= 11 is 0. The van der Waals surface area contributed by atoms with Crippen LogP contribution in [0.1, 0.15) is 0 Å². The van der Waals surface area contributed by atoms with E-state index in [0.29, 0.717) is 4.54 Å². The summed E-state index contributed by atoms with van der Waals surface area (Å²) in [5, 5.41) is 5.49. The van der Waals surface area contributed by atoms with Crippen LogP contribution < -0.4 is 4.54 Å². The number of aromatic nitrogens is 2. The zero-order valence-electron chi connectivity index (χ0n) is 6.34. The fraction of sp³-hybridized carbons (Fsp3) is 0. The van der Waals surface area contributed by atoms with Gasteiger partial charge >= 0.3 is 0 Å². The Morgan fingerprint density at radius 2 is 1.83 bits per heavy atom. The van der Waals surface area contributed by atoms with Crippen molar-refractivity contribution in [2.24, 2.45) is 0 Å². The van der Waals surface area contributed by atoms with E-state index in [4.69, 9.17) is 0 Å². The molecule has 0 unspecified atom stereocenters. The van der Waals surface area contributed by atoms with Gasteiger partial charge in [-0.1, -0.05) is 18.2 Å². The van der Waals surface area contributed by atoms with Crippen LogP contribution in [0.5, 0.6) is 0 Å². The van der Waals surface area contributed by atoms with Gasteiger partial charge in [-0.25, -0.2) is 0 Å². The molecule has 0 aliphatic rings. The molecule has 1 heterocycles. The summed E-state index contributed by atoms with van der Waals surface area (Å²) < 4.78 is 0.558. The van der Waals surface area contributed by atoms with Crippen molar-refractivity contribution in [2.45, 2.75) is 0 Å². The van der Waals surface area contributed by atoms with Crippen molar-refractivity contribution in [1.82, 2.24) is 5.10 Å². The molecule has 0 fully saturated rings. The highest BCUT2D eigenvalue weighted by atomic mass is 16.3. The van der Waals surface area contributed by atoms with E-state index in [2.05, 4.69) is 5.10 Å². The zero-order chi connectivity index (χ0) is 8.39. The van der Waals surface area contributed by atoms with E-state index in [9.17, 15) is 4.91 Å². The van der Waals surface area contributed by atoms with Gasteiger partial charge in [0.2, 0.25) is 0 Å². The van der Waals surface area contributed by atoms with Crippen molar-refractivity contribution in [3.63, 3.8) is 0 Å². The van der Waals surface area contributed by atoms with Gasteiger partial charge in [-0.2, -0.15) is 0 Å². The van der Waals surface area contributed by atoms with E-state index in [1.807, 2.05) is 30.3 Å². The van der Waals surface area contributed by atoms with Crippen molar-refractivity contribution < 1.29 is 4.54 Å². The van der Waals surface area contributed by atoms with Crippen LogP contribution in [-0.4, -0.2) is 5.10 Å². The Bertz CT molecular complexity index is 468. The molecule has 2 rings (SSSR count). The van der Waals surface area contributed by atoms with E-state index >= 15 is 0 Å². The maximum Gasteiger partial charge on any atom is 0.267 e. The van der Waals surface area contributed by atoms with Crippen LogP contribution in [-0.2, 0) is 0 Å². The molecule has 0 radical (unpaired) electrons. The zero-order valence-corrected chi connectivity index (χ0v) is 6.34. The second-order valence-corrected chi connectivity index (χ2v) is 2.49. The number of benzene rings is 1. The van der Waals surface area contributed by atoms with E-state index in [0.717, 1.165) is 10.8 Å². The molecule has 1 aromatic carbocycles. The Kier molecular flexibility index (Phi) is 1.55. The molecule has 3 heteroatoms. The Labute approximate surface area is 68.9 Å². The largest absolute Gasteiger partial charge is 0.267 e. The molecule has 12 heavy (non-hydrogen) atoms. The maximum atomic E-state index is 10.9. The molecule has 0 spiro atoms. The monoisotopic (exact) mass is 159 g/mol. The number of nitrogens with zero attached hydrogens (tertiary/aromatic N) is 2. The molecule has 0 bridgehead atoms. The number of hydrogen-bond donors (Lipinski definition) is 0. The topological polar surface area (TPSA) is 35.9 Å². The molecule has 1 aromatic heterocycles. The number of fused-ring (bicyclic) bond motifs is 1. The van der Waals surface area contributed by atoms with Crippen molar-refractivity contribution in [2.75, 3.05) is 0 Å². The molecule has 0 aliphatic heterocycles. The van der Waals surface area contributed by atoms with Crippen LogP contribution >= 0.6 is 0 Å². The second-order valence-electron chi connectivity index (χ2n) is 2.49. The lowest BCUT2D eigenvalue weighted by Gasteiger charge is -1.83. The minimum absolute atomic E-state index is 0.558. The summed E-state index contributed by atoms with van der Waals surface area (Å²) in [6, 6.07) is 9.45. The number of rotatable bonds is 0. The minimum Gasteiger partial charge on any atom is -0.0616 e. The van der Waals surface area contributed by atoms with Crippen LogP contribution in [0.15, 0.2) is 42.7 Å². The van der Waals surface area contributed by atoms with Crippen molar-refractivity contribution >= 4 is 10.8 Å². The fourth-order valence-corrected chi connectivity index (χ4v) is 1.11. The van der Waals surface area contributed by atoms with Gasteiger partial charge in [-0.3, -0.25) is 0 Å². The standard InChI is InChI=1S/C9H7N2O/c12-11-7-9-4-2-1-3-8(9)5-6-10-11/h1-7H/q+1. The summed E-state index contributed by atoms with van der Waals surface area (Å²) in [7, 11) is 0. The summed E-state index contributed by atoms with van der Waals surface area (Å²) in [5.41, 5.74) is 0. The molecule has 0 N–H and O–H groups in total. The van der Waals surface area contributed by atoms with Crippen molar-refractivity contribution in [3.8, 4) is 0 Å². The van der Waals surface area contributed by atoms with Crippen LogP contribution in [0.2, 0.25) is 0 Å². The normalized spacial score (nSPS) is 10.0. The third kappa shape index (κ3) is 1.16. The Balaban J connectivity index is 2.98. The van der Waals surface area contributed by atoms with E-state index in [1.54, 1.807) is 0 Å². The van der Waals surface area contributed by atoms with E-state index < -0.39 is 0 Å². The first kappa shape index (κ1) is 6.91. The lowest BCUT2D eigenvalue weighted by molar-refractivity contribution is -0.562. The van der Waals surface area contributed by atoms with Gasteiger partial charge in [-0.15, -0.1) is 0 Å². The molecule has 0 saturated heterocycles. The first-order valence-corrected chi connectivity index (χ1v) is 3.64. The average molecular weight is 159 g/mol. The molecule has 0 saturated carbocycles. The molecule has 0 aliphatic carbocycles. The van der Waals surface area contributed by atoms with Crippen LogP contribution in [0.3, 0.4) is 0 Å². The van der Waals surface area contributed by atoms with Crippen LogP contribution in [0.25, 0.3) is 10.8 Å². The highest BCUT2D eigenvalue weighted by molar-refractivity contribution is 5.79. The van der Waals surface area contributed by atoms with Gasteiger partial charge < -0.3 is 0 Å². The minimum atomic E-state index is 0.558. The van der Waals surface area contributed by atoms with E-state index in [1.165, 1.54) is 12.4 Å². The molecular formula is C9H7N2O+. The predicted molar refractivity (Wildman–Crippen MR) is 45.1 cm³/mol. The first-order chi connectivity index (χ1) is 5.86. The molecular weight excluding hydrogens is 152 g/mol. The Morgan fingerprint density at radius 1 is 1.08 bits per heavy atom. The van der Waals surface area contributed by atoms with Gasteiger partial charge in [0.1, 0.15) is 6.20 Å². The smallest absolute Gasteiger partial charge is 0.0616 e. The predicted octanol–water partition coefficient (Wildman–Crippen LogP) is 1.15. The third-order valence-electron chi connectivity index (χ3n) is 1.68. The summed E-state index contributed by atoms with van der Waals surface area (Å²) in [4.78, 5) is 10.9. The molecule has 0 amide bonds. The van der Waals surface area contributed by atoms with Crippen LogP contribution in [0.4, 0.5) is 0 Å². The molecule has 3 nitrogen and oxygen atoms in total. The Morgan fingerprint density at radius 3 is 2.67 bits per heavy atom. The fourth-order valence-electron chi connectivity index (χ4n) is 1.11. The molecule has 58 valence electrons. The quantitative estimate of drug-likeness (QED) is 0.540. The highest BCUT2D eigenvalue weighted by Gasteiger charge is 1.94. The van der Waals surface area contributed by atoms with Gasteiger partial charge in [-0.05, 0) is 17.5 Å². The Hall–Kier alpha value is -1.77. The maximum absolute atomic E-state index is 10.9. The first-order valence-electron chi connectivity index (χ1n) is 3.64. The molecule has 0 atom stereocenters. The van der Waals surface area contributed by atoms with Gasteiger partial charge in [0, 0.05) is 5.10 Å². The molecule has 2 aromatic rings. The highest BCUT2D eigenvalue weighted by Crippen LogP contribution is 2.07. The lowest BCUT2D eigenvalue weighted by Crippen LogP contribution is -2.14. The van der Waals surface area contributed by atoms with Crippen molar-refractivity contribution in [3.05, 3.63) is 47.6 Å². The SMILES string of the molecule is O=[n+]1cc2ccccc2ccn1. The van der Waals surface area contributed by atoms with Crippen LogP contribution in [0, 0.1) is 4.91 Å². The summed E-state index contributed by atoms with van der Waals surface area (Å²) in [5.74, 6) is 0. The van der Waals surface area contributed by atoms with E-state index in [-0.39, 0.29) is 0 Å². The lowest BCUT2D eigenvalue weighted by atomic mass is 10.2. The number of hydrogen-bond acceptors (Lipinski definition) is 2. The third-order valence-corrected chi connectivity index (χ3v) is 1.68. The van der Waals surface area contributed by atoms with Crippen molar-refractivity contribution in [1.29, 1.82) is 0 Å². The summed E-state index contributed by atoms with van der Waals surface area (Å²) in [6.07, 6.45) is 2.95. The van der Waals surface area contributed by atoms with Gasteiger partial charge in [0.25, 0.3) is 6.20 Å².